The summed E-state index contributed by atoms with van der Waals surface area (Å²) in [5, 5.41) is 29.7. The molecular formula is C14H18N4O3S. The Kier molecular flexibility index (Phi) is 6.41. The van der Waals surface area contributed by atoms with Crippen LogP contribution in [0.3, 0.4) is 0 Å². The number of nitrogens with one attached hydrogen (secondary N) is 1. The summed E-state index contributed by atoms with van der Waals surface area (Å²) in [5.41, 5.74) is 0.947. The maximum Gasteiger partial charge on any atom is 0.240 e. The molecule has 1 aromatic heterocycles. The maximum absolute atomic E-state index is 11.9. The van der Waals surface area contributed by atoms with Crippen molar-refractivity contribution in [1.29, 1.82) is 0 Å². The fourth-order valence-electron chi connectivity index (χ4n) is 1.89. The SMILES string of the molecule is O=C(CN(CCO)CCO)Nc1nnc(-c2ccccc2)s1. The topological polar surface area (TPSA) is 98.6 Å². The fourth-order valence-corrected chi connectivity index (χ4v) is 2.65. The third kappa shape index (κ3) is 4.85. The van der Waals surface area contributed by atoms with Gasteiger partial charge in [-0.3, -0.25) is 15.0 Å². The Hall–Kier alpha value is -1.87. The molecule has 1 aromatic carbocycles. The van der Waals surface area contributed by atoms with E-state index in [0.29, 0.717) is 18.2 Å². The summed E-state index contributed by atoms with van der Waals surface area (Å²) in [6.07, 6.45) is 0. The quantitative estimate of drug-likeness (QED) is 0.652. The summed E-state index contributed by atoms with van der Waals surface area (Å²) >= 11 is 1.30. The summed E-state index contributed by atoms with van der Waals surface area (Å²) in [5.74, 6) is -0.252. The van der Waals surface area contributed by atoms with E-state index in [4.69, 9.17) is 10.2 Å². The first-order valence-corrected chi connectivity index (χ1v) is 7.67. The second-order valence-electron chi connectivity index (χ2n) is 4.55. The van der Waals surface area contributed by atoms with Gasteiger partial charge < -0.3 is 10.2 Å². The van der Waals surface area contributed by atoms with Crippen LogP contribution in [0.5, 0.6) is 0 Å². The van der Waals surface area contributed by atoms with Crippen LogP contribution in [-0.4, -0.2) is 64.1 Å². The highest BCUT2D eigenvalue weighted by molar-refractivity contribution is 7.18. The van der Waals surface area contributed by atoms with Gasteiger partial charge in [-0.1, -0.05) is 41.7 Å². The molecule has 7 nitrogen and oxygen atoms in total. The van der Waals surface area contributed by atoms with Gasteiger partial charge >= 0.3 is 0 Å². The molecule has 0 bridgehead atoms. The molecule has 0 spiro atoms. The molecule has 0 aliphatic heterocycles. The van der Waals surface area contributed by atoms with Crippen molar-refractivity contribution in [1.82, 2.24) is 15.1 Å². The van der Waals surface area contributed by atoms with E-state index in [9.17, 15) is 4.79 Å². The lowest BCUT2D eigenvalue weighted by Crippen LogP contribution is -2.37. The van der Waals surface area contributed by atoms with Gasteiger partial charge in [-0.2, -0.15) is 0 Å². The Morgan fingerprint density at radius 3 is 2.45 bits per heavy atom. The van der Waals surface area contributed by atoms with Crippen LogP contribution in [-0.2, 0) is 4.79 Å². The first-order chi connectivity index (χ1) is 10.7. The van der Waals surface area contributed by atoms with Crippen LogP contribution in [0, 0.1) is 0 Å². The minimum atomic E-state index is -0.252. The molecule has 0 saturated heterocycles. The van der Waals surface area contributed by atoms with Gasteiger partial charge in [0.15, 0.2) is 0 Å². The molecule has 0 aliphatic rings. The van der Waals surface area contributed by atoms with Gasteiger partial charge in [-0.15, -0.1) is 10.2 Å². The molecule has 2 rings (SSSR count). The number of benzene rings is 1. The number of anilines is 1. The molecule has 3 N–H and O–H groups in total. The van der Waals surface area contributed by atoms with Crippen molar-refractivity contribution in [3.8, 4) is 10.6 Å². The Balaban J connectivity index is 1.93. The summed E-state index contributed by atoms with van der Waals surface area (Å²) in [4.78, 5) is 13.6. The summed E-state index contributed by atoms with van der Waals surface area (Å²) in [6, 6.07) is 9.60. The van der Waals surface area contributed by atoms with Crippen molar-refractivity contribution in [3.05, 3.63) is 30.3 Å². The van der Waals surface area contributed by atoms with E-state index in [2.05, 4.69) is 15.5 Å². The fraction of sp³-hybridized carbons (Fsp3) is 0.357. The third-order valence-electron chi connectivity index (χ3n) is 2.89. The number of amides is 1. The van der Waals surface area contributed by atoms with Crippen molar-refractivity contribution >= 4 is 22.4 Å². The Morgan fingerprint density at radius 1 is 1.14 bits per heavy atom. The van der Waals surface area contributed by atoms with Crippen molar-refractivity contribution in [2.24, 2.45) is 0 Å². The van der Waals surface area contributed by atoms with E-state index in [0.717, 1.165) is 10.6 Å². The molecular weight excluding hydrogens is 304 g/mol. The summed E-state index contributed by atoms with van der Waals surface area (Å²) in [7, 11) is 0. The molecule has 0 fully saturated rings. The van der Waals surface area contributed by atoms with Crippen LogP contribution in [0.2, 0.25) is 0 Å². The van der Waals surface area contributed by atoms with E-state index < -0.39 is 0 Å². The van der Waals surface area contributed by atoms with Crippen LogP contribution in [0.4, 0.5) is 5.13 Å². The minimum absolute atomic E-state index is 0.0652. The molecule has 0 aliphatic carbocycles. The van der Waals surface area contributed by atoms with E-state index in [1.54, 1.807) is 4.90 Å². The number of rotatable bonds is 8. The smallest absolute Gasteiger partial charge is 0.240 e. The molecule has 0 atom stereocenters. The number of hydrogen-bond acceptors (Lipinski definition) is 7. The summed E-state index contributed by atoms with van der Waals surface area (Å²) in [6.45, 7) is 0.620. The number of aliphatic hydroxyl groups excluding tert-OH is 2. The van der Waals surface area contributed by atoms with Crippen molar-refractivity contribution in [3.63, 3.8) is 0 Å². The van der Waals surface area contributed by atoms with Crippen molar-refractivity contribution < 1.29 is 15.0 Å². The van der Waals surface area contributed by atoms with Gasteiger partial charge in [-0.05, 0) is 0 Å². The average molecular weight is 322 g/mol. The first-order valence-electron chi connectivity index (χ1n) is 6.85. The highest BCUT2D eigenvalue weighted by atomic mass is 32.1. The van der Waals surface area contributed by atoms with E-state index in [-0.39, 0.29) is 25.7 Å². The average Bonchev–Trinajstić information content (AvgIpc) is 2.97. The predicted molar refractivity (Wildman–Crippen MR) is 84.6 cm³/mol. The van der Waals surface area contributed by atoms with Crippen molar-refractivity contribution in [2.75, 3.05) is 38.2 Å². The van der Waals surface area contributed by atoms with Crippen LogP contribution >= 0.6 is 11.3 Å². The zero-order valence-electron chi connectivity index (χ0n) is 12.0. The number of carbonyl (C=O) groups is 1. The second-order valence-corrected chi connectivity index (χ2v) is 5.53. The van der Waals surface area contributed by atoms with Gasteiger partial charge in [0.2, 0.25) is 11.0 Å². The van der Waals surface area contributed by atoms with Crippen LogP contribution in [0.1, 0.15) is 0 Å². The molecule has 22 heavy (non-hydrogen) atoms. The van der Waals surface area contributed by atoms with Gasteiger partial charge in [-0.25, -0.2) is 0 Å². The maximum atomic E-state index is 11.9. The Bertz CT molecular complexity index is 585. The largest absolute Gasteiger partial charge is 0.395 e. The standard InChI is InChI=1S/C14H18N4O3S/c19-8-6-18(7-9-20)10-12(21)15-14-17-16-13(22-14)11-4-2-1-3-5-11/h1-5,19-20H,6-10H2,(H,15,17,21). The molecule has 1 amide bonds. The number of aromatic nitrogens is 2. The normalized spacial score (nSPS) is 10.9. The number of nitrogens with zero attached hydrogens (tertiary/aromatic N) is 3. The lowest BCUT2D eigenvalue weighted by atomic mass is 10.2. The van der Waals surface area contributed by atoms with Crippen LogP contribution in [0.25, 0.3) is 10.6 Å². The Morgan fingerprint density at radius 2 is 1.82 bits per heavy atom. The first kappa shape index (κ1) is 16.5. The number of carbonyl (C=O) groups excluding carboxylic acids is 1. The second kappa shape index (κ2) is 8.54. The van der Waals surface area contributed by atoms with Gasteiger partial charge in [0.25, 0.3) is 0 Å². The Labute approximate surface area is 132 Å². The number of aliphatic hydroxyl groups is 2. The number of hydrogen-bond donors (Lipinski definition) is 3. The highest BCUT2D eigenvalue weighted by Gasteiger charge is 2.13. The zero-order valence-corrected chi connectivity index (χ0v) is 12.8. The zero-order chi connectivity index (χ0) is 15.8. The highest BCUT2D eigenvalue weighted by Crippen LogP contribution is 2.25. The van der Waals surface area contributed by atoms with E-state index in [1.807, 2.05) is 30.3 Å². The van der Waals surface area contributed by atoms with Crippen molar-refractivity contribution in [2.45, 2.75) is 0 Å². The lowest BCUT2D eigenvalue weighted by molar-refractivity contribution is -0.117. The minimum Gasteiger partial charge on any atom is -0.395 e. The van der Waals surface area contributed by atoms with Gasteiger partial charge in [0.1, 0.15) is 5.01 Å². The molecule has 0 saturated carbocycles. The molecule has 0 unspecified atom stereocenters. The lowest BCUT2D eigenvalue weighted by Gasteiger charge is -2.18. The van der Waals surface area contributed by atoms with Gasteiger partial charge in [0, 0.05) is 18.7 Å². The molecule has 118 valence electrons. The van der Waals surface area contributed by atoms with Crippen LogP contribution in [0.15, 0.2) is 30.3 Å². The molecule has 8 heteroatoms. The molecule has 1 heterocycles. The van der Waals surface area contributed by atoms with Gasteiger partial charge in [0.05, 0.1) is 19.8 Å². The monoisotopic (exact) mass is 322 g/mol. The summed E-state index contributed by atoms with van der Waals surface area (Å²) < 4.78 is 0. The third-order valence-corrected chi connectivity index (χ3v) is 3.78. The van der Waals surface area contributed by atoms with E-state index >= 15 is 0 Å². The van der Waals surface area contributed by atoms with Crippen LogP contribution < -0.4 is 5.32 Å². The molecule has 0 radical (unpaired) electrons. The molecule has 2 aromatic rings. The predicted octanol–water partition coefficient (Wildman–Crippen LogP) is 0.430. The van der Waals surface area contributed by atoms with E-state index in [1.165, 1.54) is 11.3 Å².